The predicted molar refractivity (Wildman–Crippen MR) is 64.8 cm³/mol. The zero-order valence-corrected chi connectivity index (χ0v) is 9.92. The van der Waals surface area contributed by atoms with Crippen LogP contribution < -0.4 is 11.1 Å². The normalized spacial score (nSPS) is 9.81. The molecule has 0 saturated carbocycles. The molecule has 0 radical (unpaired) electrons. The average Bonchev–Trinajstić information content (AvgIpc) is 2.27. The number of thioether (sulfide) groups is 1. The molecule has 0 bridgehead atoms. The summed E-state index contributed by atoms with van der Waals surface area (Å²) in [6.45, 7) is 2.16. The summed E-state index contributed by atoms with van der Waals surface area (Å²) in [5, 5.41) is 5.67. The summed E-state index contributed by atoms with van der Waals surface area (Å²) in [5.74, 6) is 0.342. The van der Waals surface area contributed by atoms with Crippen LogP contribution in [0.5, 0.6) is 0 Å². The Balaban J connectivity index is 2.70. The third-order valence-electron chi connectivity index (χ3n) is 1.84. The van der Waals surface area contributed by atoms with E-state index in [0.717, 1.165) is 5.56 Å². The minimum atomic E-state index is -0.306. The number of nitrogens with two attached hydrogens (primary N) is 2. The first-order chi connectivity index (χ1) is 7.63. The van der Waals surface area contributed by atoms with E-state index in [0.29, 0.717) is 23.1 Å². The van der Waals surface area contributed by atoms with Gasteiger partial charge in [-0.1, -0.05) is 12.1 Å². The molecule has 0 saturated heterocycles. The van der Waals surface area contributed by atoms with Crippen LogP contribution in [0, 0.1) is 0 Å². The van der Waals surface area contributed by atoms with Crippen molar-refractivity contribution in [2.45, 2.75) is 12.7 Å². The van der Waals surface area contributed by atoms with Gasteiger partial charge in [-0.3, -0.25) is 11.1 Å². The van der Waals surface area contributed by atoms with Gasteiger partial charge in [0.2, 0.25) is 0 Å². The standard InChI is InChI=1S/C11H14N2O2S/c1-2-15-10(14)9-5-3-4-8(6-9)7-16-11(12)13/h3-6H,2,7H2,1H3,(H3,12,13)/p+1. The van der Waals surface area contributed by atoms with Crippen molar-refractivity contribution >= 4 is 22.9 Å². The minimum absolute atomic E-state index is 0.306. The fourth-order valence-electron chi connectivity index (χ4n) is 1.17. The van der Waals surface area contributed by atoms with E-state index in [1.54, 1.807) is 19.1 Å². The molecule has 0 amide bonds. The van der Waals surface area contributed by atoms with E-state index in [1.165, 1.54) is 11.8 Å². The van der Waals surface area contributed by atoms with Crippen LogP contribution in [0.3, 0.4) is 0 Å². The van der Waals surface area contributed by atoms with Crippen molar-refractivity contribution in [2.75, 3.05) is 6.61 Å². The van der Waals surface area contributed by atoms with Gasteiger partial charge in [-0.2, -0.15) is 0 Å². The fraction of sp³-hybridized carbons (Fsp3) is 0.273. The van der Waals surface area contributed by atoms with Crippen molar-refractivity contribution in [3.8, 4) is 0 Å². The van der Waals surface area contributed by atoms with Crippen molar-refractivity contribution in [2.24, 2.45) is 5.73 Å². The second-order valence-electron chi connectivity index (χ2n) is 3.11. The third-order valence-corrected chi connectivity index (χ3v) is 2.65. The molecule has 0 aromatic heterocycles. The van der Waals surface area contributed by atoms with Crippen LogP contribution in [0.25, 0.3) is 0 Å². The largest absolute Gasteiger partial charge is 0.462 e. The van der Waals surface area contributed by atoms with Crippen LogP contribution in [-0.2, 0) is 10.5 Å². The zero-order chi connectivity index (χ0) is 12.0. The molecule has 1 aromatic carbocycles. The Morgan fingerprint density at radius 1 is 1.56 bits per heavy atom. The monoisotopic (exact) mass is 239 g/mol. The second kappa shape index (κ2) is 6.17. The number of hydrogen-bond donors (Lipinski definition) is 2. The van der Waals surface area contributed by atoms with Crippen molar-refractivity contribution in [1.29, 1.82) is 0 Å². The van der Waals surface area contributed by atoms with Crippen LogP contribution in [0.2, 0.25) is 0 Å². The highest BCUT2D eigenvalue weighted by Crippen LogP contribution is 2.13. The molecule has 0 spiro atoms. The maximum absolute atomic E-state index is 11.5. The Labute approximate surface area is 98.7 Å². The second-order valence-corrected chi connectivity index (χ2v) is 4.16. The predicted octanol–water partition coefficient (Wildman–Crippen LogP) is 0.170. The molecule has 1 rings (SSSR count). The van der Waals surface area contributed by atoms with Gasteiger partial charge in [-0.05, 0) is 36.4 Å². The lowest BCUT2D eigenvalue weighted by Gasteiger charge is -2.03. The molecule has 0 fully saturated rings. The van der Waals surface area contributed by atoms with Gasteiger partial charge < -0.3 is 4.74 Å². The molecular weight excluding hydrogens is 224 g/mol. The molecular formula is C11H15N2O2S+. The lowest BCUT2D eigenvalue weighted by Crippen LogP contribution is -2.43. The Morgan fingerprint density at radius 2 is 2.31 bits per heavy atom. The van der Waals surface area contributed by atoms with Gasteiger partial charge in [0.15, 0.2) is 0 Å². The average molecular weight is 239 g/mol. The summed E-state index contributed by atoms with van der Waals surface area (Å²) < 4.78 is 4.91. The van der Waals surface area contributed by atoms with Crippen molar-refractivity contribution in [1.82, 2.24) is 0 Å². The number of benzene rings is 1. The lowest BCUT2D eigenvalue weighted by molar-refractivity contribution is -0.110. The minimum Gasteiger partial charge on any atom is -0.462 e. The van der Waals surface area contributed by atoms with Gasteiger partial charge in [0, 0.05) is 5.75 Å². The smallest absolute Gasteiger partial charge is 0.338 e. The third kappa shape index (κ3) is 3.94. The van der Waals surface area contributed by atoms with Gasteiger partial charge in [0.25, 0.3) is 5.17 Å². The fourth-order valence-corrected chi connectivity index (χ4v) is 1.68. The molecule has 0 heterocycles. The number of carbonyl (C=O) groups is 1. The van der Waals surface area contributed by atoms with E-state index in [9.17, 15) is 4.79 Å². The van der Waals surface area contributed by atoms with Gasteiger partial charge >= 0.3 is 5.97 Å². The molecule has 16 heavy (non-hydrogen) atoms. The molecule has 0 atom stereocenters. The first kappa shape index (κ1) is 12.6. The van der Waals surface area contributed by atoms with Crippen molar-refractivity contribution < 1.29 is 14.9 Å². The zero-order valence-electron chi connectivity index (χ0n) is 9.10. The molecule has 0 unspecified atom stereocenters. The van der Waals surface area contributed by atoms with Gasteiger partial charge in [0.1, 0.15) is 0 Å². The number of carbonyl (C=O) groups excluding carboxylic acids is 1. The lowest BCUT2D eigenvalue weighted by atomic mass is 10.1. The highest BCUT2D eigenvalue weighted by molar-refractivity contribution is 8.12. The molecule has 4 nitrogen and oxygen atoms in total. The topological polar surface area (TPSA) is 77.9 Å². The van der Waals surface area contributed by atoms with E-state index in [-0.39, 0.29) is 5.97 Å². The summed E-state index contributed by atoms with van der Waals surface area (Å²) in [7, 11) is 0. The Bertz CT molecular complexity index is 393. The SMILES string of the molecule is CCOC(=O)c1cccc(CSC(N)=[NH2+])c1. The number of esters is 1. The number of hydrogen-bond acceptors (Lipinski definition) is 3. The molecule has 86 valence electrons. The molecule has 5 heteroatoms. The highest BCUT2D eigenvalue weighted by atomic mass is 32.2. The van der Waals surface area contributed by atoms with Crippen LogP contribution in [0.1, 0.15) is 22.8 Å². The number of amidine groups is 1. The van der Waals surface area contributed by atoms with Crippen LogP contribution in [0.4, 0.5) is 0 Å². The number of rotatable bonds is 4. The van der Waals surface area contributed by atoms with E-state index in [1.807, 2.05) is 12.1 Å². The Hall–Kier alpha value is -1.49. The maximum Gasteiger partial charge on any atom is 0.338 e. The van der Waals surface area contributed by atoms with Gasteiger partial charge in [-0.15, -0.1) is 0 Å². The first-order valence-corrected chi connectivity index (χ1v) is 5.88. The van der Waals surface area contributed by atoms with Crippen LogP contribution in [0.15, 0.2) is 24.3 Å². The Morgan fingerprint density at radius 3 is 2.94 bits per heavy atom. The summed E-state index contributed by atoms with van der Waals surface area (Å²) in [4.78, 5) is 11.5. The first-order valence-electron chi connectivity index (χ1n) is 4.90. The van der Waals surface area contributed by atoms with E-state index >= 15 is 0 Å². The molecule has 1 aromatic rings. The van der Waals surface area contributed by atoms with E-state index in [4.69, 9.17) is 15.9 Å². The summed E-state index contributed by atoms with van der Waals surface area (Å²) >= 11 is 1.34. The van der Waals surface area contributed by atoms with E-state index < -0.39 is 0 Å². The molecule has 0 aliphatic carbocycles. The highest BCUT2D eigenvalue weighted by Gasteiger charge is 2.07. The molecule has 4 N–H and O–H groups in total. The van der Waals surface area contributed by atoms with Crippen LogP contribution in [-0.4, -0.2) is 17.7 Å². The molecule has 0 aliphatic heterocycles. The van der Waals surface area contributed by atoms with Gasteiger partial charge in [-0.25, -0.2) is 4.79 Å². The van der Waals surface area contributed by atoms with Crippen molar-refractivity contribution in [3.63, 3.8) is 0 Å². The summed E-state index contributed by atoms with van der Waals surface area (Å²) in [5.41, 5.74) is 6.89. The van der Waals surface area contributed by atoms with Gasteiger partial charge in [0.05, 0.1) is 12.2 Å². The van der Waals surface area contributed by atoms with E-state index in [2.05, 4.69) is 0 Å². The maximum atomic E-state index is 11.5. The quantitative estimate of drug-likeness (QED) is 0.446. The summed E-state index contributed by atoms with van der Waals surface area (Å²) in [6, 6.07) is 7.24. The Kier molecular flexibility index (Phi) is 4.85. The van der Waals surface area contributed by atoms with Crippen molar-refractivity contribution in [3.05, 3.63) is 35.4 Å². The molecule has 0 aliphatic rings. The number of ether oxygens (including phenoxy) is 1. The summed E-state index contributed by atoms with van der Waals surface area (Å²) in [6.07, 6.45) is 0. The van der Waals surface area contributed by atoms with Crippen LogP contribution >= 0.6 is 11.8 Å².